The van der Waals surface area contributed by atoms with Crippen LogP contribution in [0.15, 0.2) is 23.0 Å². The van der Waals surface area contributed by atoms with Crippen LogP contribution in [0.1, 0.15) is 38.8 Å². The Morgan fingerprint density at radius 2 is 2.12 bits per heavy atom. The monoisotopic (exact) mass is 236 g/mol. The van der Waals surface area contributed by atoms with E-state index in [1.165, 1.54) is 0 Å². The first kappa shape index (κ1) is 14.0. The molecule has 0 saturated heterocycles. The Bertz CT molecular complexity index is 384. The minimum atomic E-state index is 0.112. The maximum absolute atomic E-state index is 11.7. The minimum absolute atomic E-state index is 0.112. The van der Waals surface area contributed by atoms with Gasteiger partial charge in [0.2, 0.25) is 0 Å². The number of pyridine rings is 1. The van der Waals surface area contributed by atoms with Crippen LogP contribution in [0, 0.1) is 6.92 Å². The van der Waals surface area contributed by atoms with Crippen LogP contribution in [0.5, 0.6) is 0 Å². The van der Waals surface area contributed by atoms with Crippen molar-refractivity contribution in [1.82, 2.24) is 9.88 Å². The van der Waals surface area contributed by atoms with Gasteiger partial charge in [-0.15, -0.1) is 0 Å². The van der Waals surface area contributed by atoms with Gasteiger partial charge in [-0.2, -0.15) is 0 Å². The largest absolute Gasteiger partial charge is 0.314 e. The normalized spacial score (nSPS) is 12.6. The van der Waals surface area contributed by atoms with E-state index in [0.29, 0.717) is 6.04 Å². The molecule has 0 amide bonds. The molecule has 0 aliphatic rings. The number of rotatable bonds is 7. The van der Waals surface area contributed by atoms with Crippen LogP contribution in [0.4, 0.5) is 0 Å². The Morgan fingerprint density at radius 3 is 2.71 bits per heavy atom. The lowest BCUT2D eigenvalue weighted by atomic mass is 10.1. The Hall–Kier alpha value is -1.09. The summed E-state index contributed by atoms with van der Waals surface area (Å²) in [6.07, 6.45) is 3.33. The van der Waals surface area contributed by atoms with Crippen molar-refractivity contribution in [2.75, 3.05) is 6.54 Å². The molecule has 0 aliphatic heterocycles. The third-order valence-corrected chi connectivity index (χ3v) is 3.19. The van der Waals surface area contributed by atoms with E-state index in [9.17, 15) is 4.79 Å². The molecular formula is C14H24N2O. The molecule has 0 bridgehead atoms. The zero-order valence-corrected chi connectivity index (χ0v) is 11.2. The van der Waals surface area contributed by atoms with E-state index in [0.717, 1.165) is 38.0 Å². The summed E-state index contributed by atoms with van der Waals surface area (Å²) in [5.74, 6) is 0. The lowest BCUT2D eigenvalue weighted by Gasteiger charge is -2.16. The fourth-order valence-corrected chi connectivity index (χ4v) is 2.14. The van der Waals surface area contributed by atoms with Crippen molar-refractivity contribution in [2.24, 2.45) is 0 Å². The van der Waals surface area contributed by atoms with E-state index in [1.54, 1.807) is 6.07 Å². The van der Waals surface area contributed by atoms with E-state index in [1.807, 2.05) is 23.6 Å². The van der Waals surface area contributed by atoms with Crippen molar-refractivity contribution in [1.29, 1.82) is 0 Å². The molecule has 0 saturated carbocycles. The van der Waals surface area contributed by atoms with Crippen LogP contribution in [-0.2, 0) is 6.54 Å². The molecule has 1 aromatic rings. The molecule has 17 heavy (non-hydrogen) atoms. The van der Waals surface area contributed by atoms with Crippen LogP contribution < -0.4 is 10.9 Å². The molecule has 1 N–H and O–H groups in total. The molecule has 0 radical (unpaired) electrons. The van der Waals surface area contributed by atoms with E-state index in [4.69, 9.17) is 0 Å². The summed E-state index contributed by atoms with van der Waals surface area (Å²) in [5.41, 5.74) is 1.16. The predicted octanol–water partition coefficient (Wildman–Crippen LogP) is 2.33. The number of hydrogen-bond donors (Lipinski definition) is 1. The highest BCUT2D eigenvalue weighted by molar-refractivity contribution is 5.04. The lowest BCUT2D eigenvalue weighted by Crippen LogP contribution is -2.29. The first-order valence-electron chi connectivity index (χ1n) is 6.58. The molecule has 3 nitrogen and oxygen atoms in total. The molecule has 0 fully saturated rings. The van der Waals surface area contributed by atoms with Gasteiger partial charge >= 0.3 is 0 Å². The Morgan fingerprint density at radius 1 is 1.35 bits per heavy atom. The summed E-state index contributed by atoms with van der Waals surface area (Å²) in [6.45, 7) is 8.17. The lowest BCUT2D eigenvalue weighted by molar-refractivity contribution is 0.444. The van der Waals surface area contributed by atoms with Crippen molar-refractivity contribution < 1.29 is 0 Å². The van der Waals surface area contributed by atoms with Gasteiger partial charge in [0.05, 0.1) is 0 Å². The number of nitrogens with zero attached hydrogens (tertiary/aromatic N) is 1. The van der Waals surface area contributed by atoms with Crippen molar-refractivity contribution in [2.45, 2.75) is 52.6 Å². The Labute approximate surface area is 104 Å². The molecule has 1 atom stereocenters. The molecule has 1 unspecified atom stereocenters. The van der Waals surface area contributed by atoms with Gasteiger partial charge in [-0.25, -0.2) is 0 Å². The third kappa shape index (κ3) is 4.35. The molecule has 1 rings (SSSR count). The second-order valence-corrected chi connectivity index (χ2v) is 4.46. The van der Waals surface area contributed by atoms with Crippen molar-refractivity contribution in [3.63, 3.8) is 0 Å². The standard InChI is InChI=1S/C14H24N2O/c1-4-13(15-5-2)9-7-11-16-12(3)8-6-10-14(16)17/h6,8,10,13,15H,4-5,7,9,11H2,1-3H3. The molecule has 1 aromatic heterocycles. The predicted molar refractivity (Wildman–Crippen MR) is 72.4 cm³/mol. The van der Waals surface area contributed by atoms with E-state index in [-0.39, 0.29) is 5.56 Å². The molecule has 1 heterocycles. The summed E-state index contributed by atoms with van der Waals surface area (Å²) in [4.78, 5) is 11.7. The van der Waals surface area contributed by atoms with Crippen molar-refractivity contribution in [3.8, 4) is 0 Å². The van der Waals surface area contributed by atoms with Crippen LogP contribution in [0.3, 0.4) is 0 Å². The quantitative estimate of drug-likeness (QED) is 0.788. The van der Waals surface area contributed by atoms with Crippen LogP contribution in [0.25, 0.3) is 0 Å². The highest BCUT2D eigenvalue weighted by Gasteiger charge is 2.05. The molecular weight excluding hydrogens is 212 g/mol. The molecule has 96 valence electrons. The summed E-state index contributed by atoms with van der Waals surface area (Å²) in [7, 11) is 0. The zero-order chi connectivity index (χ0) is 12.7. The summed E-state index contributed by atoms with van der Waals surface area (Å²) >= 11 is 0. The fraction of sp³-hybridized carbons (Fsp3) is 0.643. The summed E-state index contributed by atoms with van der Waals surface area (Å²) < 4.78 is 1.86. The highest BCUT2D eigenvalue weighted by Crippen LogP contribution is 2.04. The first-order chi connectivity index (χ1) is 8.19. The topological polar surface area (TPSA) is 34.0 Å². The Kier molecular flexibility index (Phi) is 5.98. The van der Waals surface area contributed by atoms with Crippen LogP contribution in [-0.4, -0.2) is 17.2 Å². The second kappa shape index (κ2) is 7.28. The molecule has 0 spiro atoms. The van der Waals surface area contributed by atoms with Gasteiger partial charge in [0.15, 0.2) is 0 Å². The molecule has 3 heteroatoms. The fourth-order valence-electron chi connectivity index (χ4n) is 2.14. The van der Waals surface area contributed by atoms with E-state index >= 15 is 0 Å². The highest BCUT2D eigenvalue weighted by atomic mass is 16.1. The molecule has 0 aromatic carbocycles. The SMILES string of the molecule is CCNC(CC)CCCn1c(C)cccc1=O. The van der Waals surface area contributed by atoms with E-state index < -0.39 is 0 Å². The maximum atomic E-state index is 11.7. The second-order valence-electron chi connectivity index (χ2n) is 4.46. The van der Waals surface area contributed by atoms with E-state index in [2.05, 4.69) is 19.2 Å². The van der Waals surface area contributed by atoms with Crippen LogP contribution in [0.2, 0.25) is 0 Å². The number of hydrogen-bond acceptors (Lipinski definition) is 2. The average Bonchev–Trinajstić information content (AvgIpc) is 2.31. The van der Waals surface area contributed by atoms with Gasteiger partial charge in [0.25, 0.3) is 5.56 Å². The number of aryl methyl sites for hydroxylation is 1. The van der Waals surface area contributed by atoms with Crippen LogP contribution >= 0.6 is 0 Å². The zero-order valence-electron chi connectivity index (χ0n) is 11.2. The van der Waals surface area contributed by atoms with Gasteiger partial charge in [-0.3, -0.25) is 4.79 Å². The number of nitrogens with one attached hydrogen (secondary N) is 1. The van der Waals surface area contributed by atoms with Gasteiger partial charge in [-0.1, -0.05) is 19.9 Å². The molecule has 0 aliphatic carbocycles. The van der Waals surface area contributed by atoms with Gasteiger partial charge in [0.1, 0.15) is 0 Å². The van der Waals surface area contributed by atoms with Gasteiger partial charge < -0.3 is 9.88 Å². The maximum Gasteiger partial charge on any atom is 0.250 e. The smallest absolute Gasteiger partial charge is 0.250 e. The van der Waals surface area contributed by atoms with Gasteiger partial charge in [-0.05, 0) is 38.8 Å². The summed E-state index contributed by atoms with van der Waals surface area (Å²) in [6, 6.07) is 6.03. The first-order valence-corrected chi connectivity index (χ1v) is 6.58. The van der Waals surface area contributed by atoms with Gasteiger partial charge in [0, 0.05) is 24.3 Å². The third-order valence-electron chi connectivity index (χ3n) is 3.19. The minimum Gasteiger partial charge on any atom is -0.314 e. The average molecular weight is 236 g/mol. The number of aromatic nitrogens is 1. The summed E-state index contributed by atoms with van der Waals surface area (Å²) in [5, 5.41) is 3.46. The van der Waals surface area contributed by atoms with Crippen molar-refractivity contribution in [3.05, 3.63) is 34.2 Å². The Balaban J connectivity index is 2.48. The van der Waals surface area contributed by atoms with Crippen molar-refractivity contribution >= 4 is 0 Å².